The SMILES string of the molecule is CC(C)(C)OC(=O)NC1CCCN(C(Cc2ccccc2)N=NC#N)C1. The van der Waals surface area contributed by atoms with Crippen molar-refractivity contribution in [1.29, 1.82) is 5.26 Å². The average Bonchev–Trinajstić information content (AvgIpc) is 2.58. The minimum absolute atomic E-state index is 0.00541. The van der Waals surface area contributed by atoms with Crippen molar-refractivity contribution in [2.24, 2.45) is 10.2 Å². The Morgan fingerprint density at radius 2 is 2.15 bits per heavy atom. The number of carbonyl (C=O) groups excluding carboxylic acids is 1. The molecule has 2 rings (SSSR count). The molecule has 0 spiro atoms. The van der Waals surface area contributed by atoms with Gasteiger partial charge in [-0.3, -0.25) is 4.90 Å². The lowest BCUT2D eigenvalue weighted by Crippen LogP contribution is -2.51. The fourth-order valence-corrected chi connectivity index (χ4v) is 3.03. The van der Waals surface area contributed by atoms with E-state index in [0.29, 0.717) is 13.0 Å². The van der Waals surface area contributed by atoms with E-state index in [1.807, 2.05) is 51.1 Å². The second kappa shape index (κ2) is 9.30. The minimum Gasteiger partial charge on any atom is -0.444 e. The molecule has 2 unspecified atom stereocenters. The quantitative estimate of drug-likeness (QED) is 0.645. The van der Waals surface area contributed by atoms with Gasteiger partial charge in [0.25, 0.3) is 0 Å². The molecule has 1 aromatic rings. The molecule has 1 heterocycles. The van der Waals surface area contributed by atoms with Gasteiger partial charge in [0, 0.05) is 25.6 Å². The van der Waals surface area contributed by atoms with E-state index < -0.39 is 11.7 Å². The molecule has 7 nitrogen and oxygen atoms in total. The third-order valence-corrected chi connectivity index (χ3v) is 4.09. The Labute approximate surface area is 155 Å². The predicted molar refractivity (Wildman–Crippen MR) is 98.4 cm³/mol. The first kappa shape index (κ1) is 19.9. The summed E-state index contributed by atoms with van der Waals surface area (Å²) in [7, 11) is 0. The Balaban J connectivity index is 2.00. The lowest BCUT2D eigenvalue weighted by molar-refractivity contribution is 0.0454. The molecule has 1 amide bonds. The predicted octanol–water partition coefficient (Wildman–Crippen LogP) is 3.48. The largest absolute Gasteiger partial charge is 0.444 e. The van der Waals surface area contributed by atoms with Gasteiger partial charge in [-0.05, 0) is 39.2 Å². The summed E-state index contributed by atoms with van der Waals surface area (Å²) in [6.45, 7) is 7.05. The first-order valence-corrected chi connectivity index (χ1v) is 8.94. The fraction of sp³-hybridized carbons (Fsp3) is 0.579. The maximum absolute atomic E-state index is 12.0. The van der Waals surface area contributed by atoms with E-state index >= 15 is 0 Å². The number of alkyl carbamates (subject to hydrolysis) is 1. The number of hydrogen-bond acceptors (Lipinski definition) is 6. The number of amides is 1. The molecule has 1 N–H and O–H groups in total. The van der Waals surface area contributed by atoms with Crippen LogP contribution >= 0.6 is 0 Å². The van der Waals surface area contributed by atoms with Crippen LogP contribution in [-0.2, 0) is 11.2 Å². The summed E-state index contributed by atoms with van der Waals surface area (Å²) in [5.74, 6) is 0. The number of nitriles is 1. The molecule has 140 valence electrons. The number of hydrogen-bond donors (Lipinski definition) is 1. The summed E-state index contributed by atoms with van der Waals surface area (Å²) in [6.07, 6.45) is 3.61. The zero-order valence-electron chi connectivity index (χ0n) is 15.7. The Bertz CT molecular complexity index is 648. The van der Waals surface area contributed by atoms with E-state index in [2.05, 4.69) is 20.4 Å². The van der Waals surface area contributed by atoms with Crippen molar-refractivity contribution < 1.29 is 9.53 Å². The van der Waals surface area contributed by atoms with Crippen molar-refractivity contribution in [2.75, 3.05) is 13.1 Å². The molecule has 0 radical (unpaired) electrons. The van der Waals surface area contributed by atoms with E-state index in [4.69, 9.17) is 10.00 Å². The van der Waals surface area contributed by atoms with Gasteiger partial charge in [-0.2, -0.15) is 10.4 Å². The van der Waals surface area contributed by atoms with Gasteiger partial charge >= 0.3 is 6.09 Å². The van der Waals surface area contributed by atoms with Crippen LogP contribution in [0, 0.1) is 11.5 Å². The lowest BCUT2D eigenvalue weighted by Gasteiger charge is -2.36. The van der Waals surface area contributed by atoms with Crippen LogP contribution in [0.4, 0.5) is 4.79 Å². The highest BCUT2D eigenvalue weighted by molar-refractivity contribution is 5.68. The van der Waals surface area contributed by atoms with Crippen LogP contribution in [0.15, 0.2) is 40.6 Å². The molecule has 0 aliphatic carbocycles. The molecule has 0 bridgehead atoms. The van der Waals surface area contributed by atoms with Crippen molar-refractivity contribution in [3.05, 3.63) is 35.9 Å². The van der Waals surface area contributed by atoms with E-state index in [9.17, 15) is 4.79 Å². The van der Waals surface area contributed by atoms with Gasteiger partial charge in [-0.15, -0.1) is 0 Å². The number of likely N-dealkylation sites (tertiary alicyclic amines) is 1. The first-order valence-electron chi connectivity index (χ1n) is 8.94. The number of carbonyl (C=O) groups is 1. The van der Waals surface area contributed by atoms with Crippen LogP contribution in [0.5, 0.6) is 0 Å². The van der Waals surface area contributed by atoms with E-state index in [1.165, 1.54) is 0 Å². The van der Waals surface area contributed by atoms with Gasteiger partial charge in [0.2, 0.25) is 6.19 Å². The maximum Gasteiger partial charge on any atom is 0.407 e. The Morgan fingerprint density at radius 1 is 1.42 bits per heavy atom. The zero-order valence-corrected chi connectivity index (χ0v) is 15.7. The Hall–Kier alpha value is -2.46. The second-order valence-electron chi connectivity index (χ2n) is 7.47. The van der Waals surface area contributed by atoms with E-state index in [1.54, 1.807) is 6.19 Å². The van der Waals surface area contributed by atoms with Crippen LogP contribution in [0.1, 0.15) is 39.2 Å². The number of nitrogens with zero attached hydrogens (tertiary/aromatic N) is 4. The third-order valence-electron chi connectivity index (χ3n) is 4.09. The van der Waals surface area contributed by atoms with Crippen molar-refractivity contribution >= 4 is 6.09 Å². The molecule has 1 aliphatic heterocycles. The standard InChI is InChI=1S/C19H27N5O2/c1-19(2,3)26-18(25)22-16-10-7-11-24(13-16)17(23-21-14-20)12-15-8-5-4-6-9-15/h4-6,8-9,16-17H,7,10-13H2,1-3H3,(H,22,25). The molecule has 1 saturated heterocycles. The molecule has 26 heavy (non-hydrogen) atoms. The van der Waals surface area contributed by atoms with Crippen molar-refractivity contribution in [3.8, 4) is 6.19 Å². The molecule has 1 aliphatic rings. The van der Waals surface area contributed by atoms with Gasteiger partial charge in [-0.25, -0.2) is 4.79 Å². The topological polar surface area (TPSA) is 90.1 Å². The Morgan fingerprint density at radius 3 is 2.81 bits per heavy atom. The molecule has 1 aromatic carbocycles. The molecular formula is C19H27N5O2. The number of azo groups is 1. The van der Waals surface area contributed by atoms with E-state index in [0.717, 1.165) is 24.9 Å². The number of ether oxygens (including phenoxy) is 1. The molecule has 1 fully saturated rings. The minimum atomic E-state index is -0.519. The number of benzene rings is 1. The summed E-state index contributed by atoms with van der Waals surface area (Å²) in [5, 5.41) is 19.4. The van der Waals surface area contributed by atoms with Crippen LogP contribution in [0.3, 0.4) is 0 Å². The number of rotatable bonds is 5. The van der Waals surface area contributed by atoms with Crippen LogP contribution in [-0.4, -0.2) is 41.9 Å². The van der Waals surface area contributed by atoms with Gasteiger partial charge in [0.1, 0.15) is 11.8 Å². The highest BCUT2D eigenvalue weighted by Crippen LogP contribution is 2.18. The summed E-state index contributed by atoms with van der Waals surface area (Å²) in [5.41, 5.74) is 0.617. The Kier molecular flexibility index (Phi) is 7.10. The third kappa shape index (κ3) is 6.81. The average molecular weight is 357 g/mol. The normalized spacial score (nSPS) is 19.7. The maximum atomic E-state index is 12.0. The summed E-state index contributed by atoms with van der Waals surface area (Å²) >= 11 is 0. The highest BCUT2D eigenvalue weighted by Gasteiger charge is 2.28. The van der Waals surface area contributed by atoms with Crippen molar-refractivity contribution in [2.45, 2.75) is 57.8 Å². The first-order chi connectivity index (χ1) is 12.4. The van der Waals surface area contributed by atoms with Gasteiger partial charge in [0.15, 0.2) is 0 Å². The molecular weight excluding hydrogens is 330 g/mol. The van der Waals surface area contributed by atoms with Crippen molar-refractivity contribution in [1.82, 2.24) is 10.2 Å². The van der Waals surface area contributed by atoms with Gasteiger partial charge in [0.05, 0.1) is 0 Å². The molecule has 2 atom stereocenters. The smallest absolute Gasteiger partial charge is 0.407 e. The summed E-state index contributed by atoms with van der Waals surface area (Å²) < 4.78 is 5.34. The molecule has 0 saturated carbocycles. The zero-order chi connectivity index (χ0) is 19.0. The molecule has 7 heteroatoms. The monoisotopic (exact) mass is 357 g/mol. The summed E-state index contributed by atoms with van der Waals surface area (Å²) in [6, 6.07) is 10.0. The molecule has 0 aromatic heterocycles. The van der Waals surface area contributed by atoms with Gasteiger partial charge in [-0.1, -0.05) is 35.4 Å². The lowest BCUT2D eigenvalue weighted by atomic mass is 10.0. The summed E-state index contributed by atoms with van der Waals surface area (Å²) in [4.78, 5) is 14.2. The highest BCUT2D eigenvalue weighted by atomic mass is 16.6. The number of piperidine rings is 1. The van der Waals surface area contributed by atoms with Crippen LogP contribution in [0.25, 0.3) is 0 Å². The number of nitrogens with one attached hydrogen (secondary N) is 1. The van der Waals surface area contributed by atoms with E-state index in [-0.39, 0.29) is 12.2 Å². The van der Waals surface area contributed by atoms with Crippen molar-refractivity contribution in [3.63, 3.8) is 0 Å². The van der Waals surface area contributed by atoms with Crippen LogP contribution < -0.4 is 5.32 Å². The fourth-order valence-electron chi connectivity index (χ4n) is 3.03. The second-order valence-corrected chi connectivity index (χ2v) is 7.47. The van der Waals surface area contributed by atoms with Gasteiger partial charge < -0.3 is 10.1 Å². The van der Waals surface area contributed by atoms with Crippen LogP contribution in [0.2, 0.25) is 0 Å².